The SMILES string of the molecule is OC(Cc1cccc(Cl)c1)c1ccnc(Cl)n1. The van der Waals surface area contributed by atoms with Gasteiger partial charge in [0.15, 0.2) is 0 Å². The summed E-state index contributed by atoms with van der Waals surface area (Å²) in [6.45, 7) is 0. The molecule has 0 saturated heterocycles. The number of hydrogen-bond donors (Lipinski definition) is 1. The molecule has 1 N–H and O–H groups in total. The van der Waals surface area contributed by atoms with E-state index in [2.05, 4.69) is 9.97 Å². The first-order valence-corrected chi connectivity index (χ1v) is 5.81. The molecule has 88 valence electrons. The summed E-state index contributed by atoms with van der Waals surface area (Å²) >= 11 is 11.5. The molecule has 17 heavy (non-hydrogen) atoms. The Labute approximate surface area is 109 Å². The molecule has 0 aliphatic rings. The third kappa shape index (κ3) is 3.40. The van der Waals surface area contributed by atoms with E-state index in [0.717, 1.165) is 5.56 Å². The lowest BCUT2D eigenvalue weighted by atomic mass is 10.1. The molecule has 1 unspecified atom stereocenters. The van der Waals surface area contributed by atoms with Crippen LogP contribution in [0.3, 0.4) is 0 Å². The largest absolute Gasteiger partial charge is 0.386 e. The second-order valence-electron chi connectivity index (χ2n) is 3.60. The topological polar surface area (TPSA) is 46.0 Å². The van der Waals surface area contributed by atoms with Crippen LogP contribution >= 0.6 is 23.2 Å². The van der Waals surface area contributed by atoms with Gasteiger partial charge >= 0.3 is 0 Å². The lowest BCUT2D eigenvalue weighted by Crippen LogP contribution is -2.04. The molecule has 1 aromatic heterocycles. The Morgan fingerprint density at radius 3 is 2.76 bits per heavy atom. The summed E-state index contributed by atoms with van der Waals surface area (Å²) in [6, 6.07) is 8.99. The molecule has 5 heteroatoms. The number of halogens is 2. The number of aromatic nitrogens is 2. The zero-order valence-corrected chi connectivity index (χ0v) is 10.4. The van der Waals surface area contributed by atoms with E-state index in [9.17, 15) is 5.11 Å². The zero-order valence-electron chi connectivity index (χ0n) is 8.85. The smallest absolute Gasteiger partial charge is 0.222 e. The van der Waals surface area contributed by atoms with Gasteiger partial charge in [-0.25, -0.2) is 9.97 Å². The first-order valence-electron chi connectivity index (χ1n) is 5.06. The maximum absolute atomic E-state index is 10.00. The molecule has 0 amide bonds. The van der Waals surface area contributed by atoms with Gasteiger partial charge in [-0.3, -0.25) is 0 Å². The molecule has 0 fully saturated rings. The van der Waals surface area contributed by atoms with Crippen LogP contribution in [0.15, 0.2) is 36.5 Å². The number of benzene rings is 1. The summed E-state index contributed by atoms with van der Waals surface area (Å²) in [5.41, 5.74) is 1.45. The normalized spacial score (nSPS) is 12.4. The van der Waals surface area contributed by atoms with Crippen molar-refractivity contribution in [3.8, 4) is 0 Å². The third-order valence-electron chi connectivity index (χ3n) is 2.31. The number of aliphatic hydroxyl groups is 1. The van der Waals surface area contributed by atoms with Crippen molar-refractivity contribution in [3.05, 3.63) is 58.1 Å². The lowest BCUT2D eigenvalue weighted by molar-refractivity contribution is 0.173. The van der Waals surface area contributed by atoms with Crippen LogP contribution < -0.4 is 0 Å². The van der Waals surface area contributed by atoms with Crippen molar-refractivity contribution in [1.82, 2.24) is 9.97 Å². The standard InChI is InChI=1S/C12H10Cl2N2O/c13-9-3-1-2-8(6-9)7-11(17)10-4-5-15-12(14)16-10/h1-6,11,17H,7H2. The van der Waals surface area contributed by atoms with Crippen LogP contribution in [0.2, 0.25) is 10.3 Å². The third-order valence-corrected chi connectivity index (χ3v) is 2.72. The van der Waals surface area contributed by atoms with E-state index in [-0.39, 0.29) is 5.28 Å². The minimum Gasteiger partial charge on any atom is -0.386 e. The Hall–Kier alpha value is -1.16. The van der Waals surface area contributed by atoms with Crippen molar-refractivity contribution < 1.29 is 5.11 Å². The summed E-state index contributed by atoms with van der Waals surface area (Å²) < 4.78 is 0. The molecule has 0 aliphatic heterocycles. The maximum Gasteiger partial charge on any atom is 0.222 e. The van der Waals surface area contributed by atoms with E-state index in [0.29, 0.717) is 17.1 Å². The Kier molecular flexibility index (Phi) is 3.94. The quantitative estimate of drug-likeness (QED) is 0.871. The molecular weight excluding hydrogens is 259 g/mol. The Bertz CT molecular complexity index is 519. The van der Waals surface area contributed by atoms with Crippen molar-refractivity contribution in [1.29, 1.82) is 0 Å². The van der Waals surface area contributed by atoms with Crippen LogP contribution in [0.4, 0.5) is 0 Å². The second kappa shape index (κ2) is 5.45. The monoisotopic (exact) mass is 268 g/mol. The second-order valence-corrected chi connectivity index (χ2v) is 4.37. The van der Waals surface area contributed by atoms with Gasteiger partial charge in [-0.05, 0) is 35.4 Å². The fourth-order valence-corrected chi connectivity index (χ4v) is 1.89. The van der Waals surface area contributed by atoms with Crippen molar-refractivity contribution in [2.24, 2.45) is 0 Å². The number of hydrogen-bond acceptors (Lipinski definition) is 3. The molecule has 2 rings (SSSR count). The summed E-state index contributed by atoms with van der Waals surface area (Å²) in [7, 11) is 0. The molecule has 1 aromatic carbocycles. The Balaban J connectivity index is 2.14. The highest BCUT2D eigenvalue weighted by atomic mass is 35.5. The highest BCUT2D eigenvalue weighted by Crippen LogP contribution is 2.19. The molecule has 1 atom stereocenters. The maximum atomic E-state index is 10.00. The lowest BCUT2D eigenvalue weighted by Gasteiger charge is -2.10. The molecule has 0 aliphatic carbocycles. The van der Waals surface area contributed by atoms with Crippen LogP contribution in [-0.4, -0.2) is 15.1 Å². The minimum atomic E-state index is -0.714. The Morgan fingerprint density at radius 1 is 1.24 bits per heavy atom. The Morgan fingerprint density at radius 2 is 2.06 bits per heavy atom. The fourth-order valence-electron chi connectivity index (χ4n) is 1.53. The molecule has 0 bridgehead atoms. The van der Waals surface area contributed by atoms with Gasteiger partial charge in [0.1, 0.15) is 6.10 Å². The predicted molar refractivity (Wildman–Crippen MR) is 67.2 cm³/mol. The summed E-state index contributed by atoms with van der Waals surface area (Å²) in [5.74, 6) is 0. The number of rotatable bonds is 3. The highest BCUT2D eigenvalue weighted by Gasteiger charge is 2.11. The minimum absolute atomic E-state index is 0.132. The van der Waals surface area contributed by atoms with E-state index in [1.165, 1.54) is 6.20 Å². The summed E-state index contributed by atoms with van der Waals surface area (Å²) in [4.78, 5) is 7.73. The van der Waals surface area contributed by atoms with Gasteiger partial charge in [-0.1, -0.05) is 23.7 Å². The van der Waals surface area contributed by atoms with Crippen molar-refractivity contribution in [3.63, 3.8) is 0 Å². The number of nitrogens with zero attached hydrogens (tertiary/aromatic N) is 2. The molecule has 2 aromatic rings. The van der Waals surface area contributed by atoms with E-state index in [4.69, 9.17) is 23.2 Å². The van der Waals surface area contributed by atoms with E-state index in [1.54, 1.807) is 12.1 Å². The van der Waals surface area contributed by atoms with Gasteiger partial charge < -0.3 is 5.11 Å². The average molecular weight is 269 g/mol. The van der Waals surface area contributed by atoms with Crippen molar-refractivity contribution >= 4 is 23.2 Å². The van der Waals surface area contributed by atoms with E-state index in [1.807, 2.05) is 18.2 Å². The van der Waals surface area contributed by atoms with Gasteiger partial charge in [0.05, 0.1) is 5.69 Å². The molecule has 1 heterocycles. The predicted octanol–water partition coefficient (Wildman–Crippen LogP) is 3.06. The van der Waals surface area contributed by atoms with Crippen molar-refractivity contribution in [2.45, 2.75) is 12.5 Å². The molecular formula is C12H10Cl2N2O. The van der Waals surface area contributed by atoms with Crippen LogP contribution in [0.25, 0.3) is 0 Å². The van der Waals surface area contributed by atoms with Crippen LogP contribution in [-0.2, 0) is 6.42 Å². The van der Waals surface area contributed by atoms with Gasteiger partial charge in [0.25, 0.3) is 0 Å². The first kappa shape index (κ1) is 12.3. The van der Waals surface area contributed by atoms with E-state index >= 15 is 0 Å². The molecule has 0 radical (unpaired) electrons. The number of aliphatic hydroxyl groups excluding tert-OH is 1. The van der Waals surface area contributed by atoms with Gasteiger partial charge in [0.2, 0.25) is 5.28 Å². The van der Waals surface area contributed by atoms with Gasteiger partial charge in [0, 0.05) is 17.6 Å². The summed E-state index contributed by atoms with van der Waals surface area (Å²) in [6.07, 6.45) is 1.24. The first-order chi connectivity index (χ1) is 8.15. The van der Waals surface area contributed by atoms with Crippen LogP contribution in [0.5, 0.6) is 0 Å². The van der Waals surface area contributed by atoms with Gasteiger partial charge in [-0.15, -0.1) is 0 Å². The van der Waals surface area contributed by atoms with Crippen LogP contribution in [0, 0.1) is 0 Å². The van der Waals surface area contributed by atoms with Crippen molar-refractivity contribution in [2.75, 3.05) is 0 Å². The zero-order chi connectivity index (χ0) is 12.3. The highest BCUT2D eigenvalue weighted by molar-refractivity contribution is 6.30. The van der Waals surface area contributed by atoms with Crippen LogP contribution in [0.1, 0.15) is 17.4 Å². The molecule has 0 spiro atoms. The van der Waals surface area contributed by atoms with E-state index < -0.39 is 6.10 Å². The average Bonchev–Trinajstić information content (AvgIpc) is 2.29. The molecule has 0 saturated carbocycles. The fraction of sp³-hybridized carbons (Fsp3) is 0.167. The molecule has 3 nitrogen and oxygen atoms in total. The van der Waals surface area contributed by atoms with Gasteiger partial charge in [-0.2, -0.15) is 0 Å². The summed E-state index contributed by atoms with van der Waals surface area (Å²) in [5, 5.41) is 10.8.